The molecule has 0 aliphatic heterocycles. The molecule has 0 bridgehead atoms. The van der Waals surface area contributed by atoms with Gasteiger partial charge in [-0.1, -0.05) is 71.4 Å². The fraction of sp³-hybridized carbons (Fsp3) is 0.125. The molecule has 1 heterocycles. The van der Waals surface area contributed by atoms with Crippen LogP contribution in [0.3, 0.4) is 0 Å². The van der Waals surface area contributed by atoms with Crippen LogP contribution in [0.5, 0.6) is 0 Å². The summed E-state index contributed by atoms with van der Waals surface area (Å²) >= 11 is 14.1. The van der Waals surface area contributed by atoms with Gasteiger partial charge in [0.15, 0.2) is 11.0 Å². The fourth-order valence-electron chi connectivity index (χ4n) is 3.24. The highest BCUT2D eigenvalue weighted by atomic mass is 35.5. The van der Waals surface area contributed by atoms with Crippen molar-refractivity contribution in [3.63, 3.8) is 0 Å². The maximum atomic E-state index is 13.5. The first-order valence-corrected chi connectivity index (χ1v) is 11.8. The number of carbonyl (C=O) groups is 1. The Morgan fingerprint density at radius 3 is 2.58 bits per heavy atom. The van der Waals surface area contributed by atoms with E-state index in [4.69, 9.17) is 23.2 Å². The summed E-state index contributed by atoms with van der Waals surface area (Å²) in [6.07, 6.45) is 0. The average Bonchev–Trinajstić information content (AvgIpc) is 3.22. The van der Waals surface area contributed by atoms with Crippen molar-refractivity contribution in [1.82, 2.24) is 20.1 Å². The lowest BCUT2D eigenvalue weighted by Gasteiger charge is -2.17. The number of amides is 1. The van der Waals surface area contributed by atoms with Gasteiger partial charge in [-0.05, 0) is 48.9 Å². The molecule has 9 heteroatoms. The lowest BCUT2D eigenvalue weighted by atomic mass is 10.2. The van der Waals surface area contributed by atoms with Gasteiger partial charge in [-0.25, -0.2) is 4.39 Å². The molecule has 1 atom stereocenters. The summed E-state index contributed by atoms with van der Waals surface area (Å²) in [6, 6.07) is 20.1. The van der Waals surface area contributed by atoms with Crippen molar-refractivity contribution in [1.29, 1.82) is 0 Å². The minimum Gasteiger partial charge on any atom is -0.342 e. The van der Waals surface area contributed by atoms with Crippen molar-refractivity contribution in [2.75, 3.05) is 0 Å². The summed E-state index contributed by atoms with van der Waals surface area (Å²) in [6.45, 7) is 1.78. The average molecular weight is 501 g/mol. The molecule has 0 spiro atoms. The predicted molar refractivity (Wildman–Crippen MR) is 130 cm³/mol. The van der Waals surface area contributed by atoms with E-state index >= 15 is 0 Å². The number of hydrogen-bond acceptors (Lipinski definition) is 4. The predicted octanol–water partition coefficient (Wildman–Crippen LogP) is 6.50. The lowest BCUT2D eigenvalue weighted by Crippen LogP contribution is -2.28. The van der Waals surface area contributed by atoms with Crippen molar-refractivity contribution in [2.24, 2.45) is 0 Å². The monoisotopic (exact) mass is 500 g/mol. The third-order valence-corrected chi connectivity index (χ3v) is 6.38. The standard InChI is InChI=1S/C24H19Cl2FN4OS/c1-15(28-23(32)17-8-5-9-19(27)12-17)22-29-30-24(33-14-16-6-3-2-4-7-16)31(22)21-11-10-18(25)13-20(21)26/h2-13,15H,14H2,1H3,(H,28,32). The second-order valence-electron chi connectivity index (χ2n) is 7.25. The van der Waals surface area contributed by atoms with Crippen LogP contribution in [0.2, 0.25) is 10.0 Å². The first-order chi connectivity index (χ1) is 15.9. The van der Waals surface area contributed by atoms with Crippen molar-refractivity contribution >= 4 is 40.9 Å². The van der Waals surface area contributed by atoms with E-state index in [0.29, 0.717) is 32.5 Å². The Balaban J connectivity index is 1.66. The molecule has 0 saturated carbocycles. The molecule has 1 unspecified atom stereocenters. The Bertz CT molecular complexity index is 1280. The fourth-order valence-corrected chi connectivity index (χ4v) is 4.64. The van der Waals surface area contributed by atoms with E-state index in [1.165, 1.54) is 30.0 Å². The zero-order chi connectivity index (χ0) is 23.4. The zero-order valence-corrected chi connectivity index (χ0v) is 19.8. The van der Waals surface area contributed by atoms with E-state index in [2.05, 4.69) is 15.5 Å². The van der Waals surface area contributed by atoms with Crippen molar-refractivity contribution in [3.05, 3.63) is 106 Å². The zero-order valence-electron chi connectivity index (χ0n) is 17.5. The first kappa shape index (κ1) is 23.3. The molecule has 3 aromatic carbocycles. The number of hydrogen-bond donors (Lipinski definition) is 1. The van der Waals surface area contributed by atoms with Crippen molar-refractivity contribution < 1.29 is 9.18 Å². The molecule has 1 N–H and O–H groups in total. The molecule has 5 nitrogen and oxygen atoms in total. The maximum absolute atomic E-state index is 13.5. The van der Waals surface area contributed by atoms with Gasteiger partial charge < -0.3 is 5.32 Å². The highest BCUT2D eigenvalue weighted by Gasteiger charge is 2.23. The summed E-state index contributed by atoms with van der Waals surface area (Å²) in [5, 5.41) is 13.1. The Morgan fingerprint density at radius 2 is 1.85 bits per heavy atom. The van der Waals surface area contributed by atoms with E-state index in [1.807, 2.05) is 34.9 Å². The van der Waals surface area contributed by atoms with Crippen molar-refractivity contribution in [3.8, 4) is 5.69 Å². The van der Waals surface area contributed by atoms with Gasteiger partial charge in [0.1, 0.15) is 5.82 Å². The quantitative estimate of drug-likeness (QED) is 0.294. The van der Waals surface area contributed by atoms with Crippen LogP contribution in [0.1, 0.15) is 34.7 Å². The summed E-state index contributed by atoms with van der Waals surface area (Å²) in [5.41, 5.74) is 1.99. The normalized spacial score (nSPS) is 11.9. The van der Waals surface area contributed by atoms with Gasteiger partial charge in [0.05, 0.1) is 16.8 Å². The van der Waals surface area contributed by atoms with Gasteiger partial charge in [-0.3, -0.25) is 9.36 Å². The van der Waals surface area contributed by atoms with Gasteiger partial charge in [0.25, 0.3) is 5.91 Å². The number of rotatable bonds is 7. The summed E-state index contributed by atoms with van der Waals surface area (Å²) in [5.74, 6) is 0.261. The number of benzene rings is 3. The van der Waals surface area contributed by atoms with Crippen LogP contribution in [0.15, 0.2) is 78.0 Å². The van der Waals surface area contributed by atoms with E-state index in [0.717, 1.165) is 5.56 Å². The molecule has 4 aromatic rings. The van der Waals surface area contributed by atoms with Crippen LogP contribution in [-0.2, 0) is 5.75 Å². The number of carbonyl (C=O) groups excluding carboxylic acids is 1. The van der Waals surface area contributed by atoms with Gasteiger partial charge >= 0.3 is 0 Å². The molecule has 1 amide bonds. The third kappa shape index (κ3) is 5.55. The highest BCUT2D eigenvalue weighted by molar-refractivity contribution is 7.98. The van der Waals surface area contributed by atoms with E-state index in [1.54, 1.807) is 31.2 Å². The molecule has 1 aromatic heterocycles. The topological polar surface area (TPSA) is 59.8 Å². The van der Waals surface area contributed by atoms with Crippen LogP contribution < -0.4 is 5.32 Å². The van der Waals surface area contributed by atoms with Gasteiger partial charge in [-0.15, -0.1) is 10.2 Å². The Labute approximate surface area is 204 Å². The number of aromatic nitrogens is 3. The van der Waals surface area contributed by atoms with Crippen LogP contribution >= 0.6 is 35.0 Å². The third-order valence-electron chi connectivity index (χ3n) is 4.84. The largest absolute Gasteiger partial charge is 0.342 e. The molecule has 4 rings (SSSR count). The minimum absolute atomic E-state index is 0.219. The number of nitrogens with zero attached hydrogens (tertiary/aromatic N) is 3. The molecular formula is C24H19Cl2FN4OS. The molecule has 0 radical (unpaired) electrons. The van der Waals surface area contributed by atoms with Gasteiger partial charge in [0, 0.05) is 16.3 Å². The van der Waals surface area contributed by atoms with Gasteiger partial charge in [-0.2, -0.15) is 0 Å². The van der Waals surface area contributed by atoms with Crippen LogP contribution in [0.25, 0.3) is 5.69 Å². The minimum atomic E-state index is -0.536. The van der Waals surface area contributed by atoms with Crippen LogP contribution in [-0.4, -0.2) is 20.7 Å². The summed E-state index contributed by atoms with van der Waals surface area (Å²) in [7, 11) is 0. The van der Waals surface area contributed by atoms with E-state index in [-0.39, 0.29) is 5.56 Å². The SMILES string of the molecule is CC(NC(=O)c1cccc(F)c1)c1nnc(SCc2ccccc2)n1-c1ccc(Cl)cc1Cl. The molecule has 33 heavy (non-hydrogen) atoms. The molecular weight excluding hydrogens is 482 g/mol. The Hall–Kier alpha value is -2.87. The van der Waals surface area contributed by atoms with Crippen LogP contribution in [0, 0.1) is 5.82 Å². The maximum Gasteiger partial charge on any atom is 0.251 e. The second kappa shape index (κ2) is 10.4. The second-order valence-corrected chi connectivity index (χ2v) is 9.04. The molecule has 0 aliphatic carbocycles. The number of halogens is 3. The molecule has 168 valence electrons. The number of nitrogens with one attached hydrogen (secondary N) is 1. The lowest BCUT2D eigenvalue weighted by molar-refractivity contribution is 0.0937. The molecule has 0 fully saturated rings. The Kier molecular flexibility index (Phi) is 7.33. The Morgan fingerprint density at radius 1 is 1.06 bits per heavy atom. The van der Waals surface area contributed by atoms with E-state index in [9.17, 15) is 9.18 Å². The molecule has 0 aliphatic rings. The van der Waals surface area contributed by atoms with Gasteiger partial charge in [0.2, 0.25) is 0 Å². The molecule has 0 saturated heterocycles. The first-order valence-electron chi connectivity index (χ1n) is 10.1. The smallest absolute Gasteiger partial charge is 0.251 e. The summed E-state index contributed by atoms with van der Waals surface area (Å²) < 4.78 is 15.4. The van der Waals surface area contributed by atoms with Crippen molar-refractivity contribution in [2.45, 2.75) is 23.9 Å². The van der Waals surface area contributed by atoms with E-state index < -0.39 is 17.8 Å². The summed E-state index contributed by atoms with van der Waals surface area (Å²) in [4.78, 5) is 12.7. The number of thioether (sulfide) groups is 1. The highest BCUT2D eigenvalue weighted by Crippen LogP contribution is 2.32. The van der Waals surface area contributed by atoms with Crippen LogP contribution in [0.4, 0.5) is 4.39 Å².